The van der Waals surface area contributed by atoms with Crippen molar-refractivity contribution in [3.63, 3.8) is 0 Å². The molecule has 2 heterocycles. The molecular formula is C33H35N3O2. The predicted octanol–water partition coefficient (Wildman–Crippen LogP) is 5.40. The molecule has 0 amide bonds. The van der Waals surface area contributed by atoms with Gasteiger partial charge >= 0.3 is 0 Å². The van der Waals surface area contributed by atoms with Gasteiger partial charge in [-0.3, -0.25) is 14.8 Å². The summed E-state index contributed by atoms with van der Waals surface area (Å²) in [6, 6.07) is 35.4. The Hall–Kier alpha value is -3.77. The van der Waals surface area contributed by atoms with Gasteiger partial charge < -0.3 is 9.84 Å². The van der Waals surface area contributed by atoms with Crippen LogP contribution in [0.25, 0.3) is 12.2 Å². The van der Waals surface area contributed by atoms with Gasteiger partial charge in [0.25, 0.3) is 0 Å². The largest absolute Gasteiger partial charge is 0.490 e. The molecule has 1 unspecified atom stereocenters. The minimum Gasteiger partial charge on any atom is -0.490 e. The molecule has 5 rings (SSSR count). The Balaban J connectivity index is 1.15. The monoisotopic (exact) mass is 505 g/mol. The van der Waals surface area contributed by atoms with E-state index in [-0.39, 0.29) is 12.6 Å². The molecule has 0 radical (unpaired) electrons. The number of benzene rings is 3. The predicted molar refractivity (Wildman–Crippen MR) is 154 cm³/mol. The molecule has 0 aliphatic carbocycles. The fourth-order valence-corrected chi connectivity index (χ4v) is 5.02. The highest BCUT2D eigenvalue weighted by atomic mass is 16.5. The van der Waals surface area contributed by atoms with E-state index in [1.54, 1.807) is 6.20 Å². The van der Waals surface area contributed by atoms with Gasteiger partial charge in [0.05, 0.1) is 11.7 Å². The van der Waals surface area contributed by atoms with E-state index in [0.29, 0.717) is 6.54 Å². The Bertz CT molecular complexity index is 1230. The lowest BCUT2D eigenvalue weighted by atomic mass is 9.96. The Kier molecular flexibility index (Phi) is 8.95. The number of β-amino-alcohol motifs (C(OH)–C–C–N with tert-alkyl or cyclic N) is 1. The Labute approximate surface area is 225 Å². The second-order valence-corrected chi connectivity index (χ2v) is 9.65. The van der Waals surface area contributed by atoms with Gasteiger partial charge in [-0.25, -0.2) is 0 Å². The van der Waals surface area contributed by atoms with Gasteiger partial charge in [0.2, 0.25) is 0 Å². The van der Waals surface area contributed by atoms with Crippen LogP contribution in [0, 0.1) is 0 Å². The Morgan fingerprint density at radius 2 is 1.37 bits per heavy atom. The van der Waals surface area contributed by atoms with Crippen molar-refractivity contribution in [3.8, 4) is 5.75 Å². The zero-order valence-corrected chi connectivity index (χ0v) is 21.6. The van der Waals surface area contributed by atoms with E-state index in [9.17, 15) is 5.11 Å². The van der Waals surface area contributed by atoms with Gasteiger partial charge in [0.1, 0.15) is 18.5 Å². The number of rotatable bonds is 10. The zero-order valence-electron chi connectivity index (χ0n) is 21.6. The van der Waals surface area contributed by atoms with Crippen molar-refractivity contribution in [1.29, 1.82) is 0 Å². The minimum absolute atomic E-state index is 0.239. The van der Waals surface area contributed by atoms with Crippen LogP contribution in [0.15, 0.2) is 109 Å². The molecule has 3 aromatic carbocycles. The molecule has 5 heteroatoms. The summed E-state index contributed by atoms with van der Waals surface area (Å²) in [6.45, 7) is 4.58. The molecule has 1 aliphatic rings. The van der Waals surface area contributed by atoms with E-state index >= 15 is 0 Å². The van der Waals surface area contributed by atoms with Crippen LogP contribution in [-0.4, -0.2) is 65.3 Å². The van der Waals surface area contributed by atoms with Crippen molar-refractivity contribution >= 4 is 12.2 Å². The molecule has 5 nitrogen and oxygen atoms in total. The lowest BCUT2D eigenvalue weighted by Crippen LogP contribution is -2.50. The van der Waals surface area contributed by atoms with Crippen LogP contribution in [0.5, 0.6) is 5.75 Å². The maximum Gasteiger partial charge on any atom is 0.126 e. The number of hydrogen-bond donors (Lipinski definition) is 1. The van der Waals surface area contributed by atoms with Crippen molar-refractivity contribution in [2.24, 2.45) is 0 Å². The van der Waals surface area contributed by atoms with E-state index in [2.05, 4.69) is 75.4 Å². The lowest BCUT2D eigenvalue weighted by molar-refractivity contribution is 0.0400. The zero-order chi connectivity index (χ0) is 26.0. The van der Waals surface area contributed by atoms with Crippen molar-refractivity contribution < 1.29 is 9.84 Å². The summed E-state index contributed by atoms with van der Waals surface area (Å²) in [6.07, 6.45) is 5.19. The third-order valence-corrected chi connectivity index (χ3v) is 6.94. The maximum absolute atomic E-state index is 10.8. The summed E-state index contributed by atoms with van der Waals surface area (Å²) < 4.78 is 6.05. The second kappa shape index (κ2) is 13.2. The van der Waals surface area contributed by atoms with E-state index in [1.165, 1.54) is 11.1 Å². The van der Waals surface area contributed by atoms with Crippen LogP contribution in [-0.2, 0) is 0 Å². The maximum atomic E-state index is 10.8. The first-order valence-electron chi connectivity index (χ1n) is 13.3. The van der Waals surface area contributed by atoms with Crippen molar-refractivity contribution in [2.75, 3.05) is 39.3 Å². The number of aliphatic hydroxyl groups excluding tert-OH is 1. The van der Waals surface area contributed by atoms with Gasteiger partial charge in [-0.15, -0.1) is 0 Å². The van der Waals surface area contributed by atoms with Crippen molar-refractivity contribution in [2.45, 2.75) is 12.1 Å². The molecule has 1 aromatic heterocycles. The molecule has 4 aromatic rings. The molecular weight excluding hydrogens is 470 g/mol. The standard InChI is InChI=1S/C33H35N3O2/c37-31(26-38-32-17-8-7-11-27(32)18-19-30-16-9-10-20-34-30)25-35-21-23-36(24-22-35)33(28-12-3-1-4-13-28)29-14-5-2-6-15-29/h1-20,31,33,37H,21-26H2. The van der Waals surface area contributed by atoms with Gasteiger partial charge in [0, 0.05) is 44.5 Å². The first-order valence-corrected chi connectivity index (χ1v) is 13.3. The average Bonchev–Trinajstić information content (AvgIpc) is 2.98. The third-order valence-electron chi connectivity index (χ3n) is 6.94. The summed E-state index contributed by atoms with van der Waals surface area (Å²) in [5, 5.41) is 10.8. The first kappa shape index (κ1) is 25.9. The molecule has 1 atom stereocenters. The second-order valence-electron chi connectivity index (χ2n) is 9.65. The molecule has 38 heavy (non-hydrogen) atoms. The number of para-hydroxylation sites is 1. The summed E-state index contributed by atoms with van der Waals surface area (Å²) in [4.78, 5) is 9.22. The van der Waals surface area contributed by atoms with Crippen LogP contribution < -0.4 is 4.74 Å². The highest BCUT2D eigenvalue weighted by molar-refractivity contribution is 5.71. The van der Waals surface area contributed by atoms with Gasteiger partial charge in [-0.05, 0) is 41.5 Å². The Morgan fingerprint density at radius 3 is 2.03 bits per heavy atom. The fourth-order valence-electron chi connectivity index (χ4n) is 5.02. The normalized spacial score (nSPS) is 15.6. The lowest BCUT2D eigenvalue weighted by Gasteiger charge is -2.40. The summed E-state index contributed by atoms with van der Waals surface area (Å²) in [5.74, 6) is 0.761. The fraction of sp³-hybridized carbons (Fsp3) is 0.242. The molecule has 0 bridgehead atoms. The molecule has 0 spiro atoms. The number of piperazine rings is 1. The molecule has 0 saturated carbocycles. The summed E-state index contributed by atoms with van der Waals surface area (Å²) in [7, 11) is 0. The molecule has 1 saturated heterocycles. The topological polar surface area (TPSA) is 48.8 Å². The van der Waals surface area contributed by atoms with E-state index in [0.717, 1.165) is 43.2 Å². The number of aromatic nitrogens is 1. The number of ether oxygens (including phenoxy) is 1. The van der Waals surface area contributed by atoms with Crippen LogP contribution in [0.1, 0.15) is 28.4 Å². The van der Waals surface area contributed by atoms with Crippen LogP contribution in [0.3, 0.4) is 0 Å². The molecule has 1 aliphatic heterocycles. The quantitative estimate of drug-likeness (QED) is 0.313. The number of hydrogen-bond acceptors (Lipinski definition) is 5. The van der Waals surface area contributed by atoms with Crippen LogP contribution in [0.2, 0.25) is 0 Å². The molecule has 1 N–H and O–H groups in total. The highest BCUT2D eigenvalue weighted by Crippen LogP contribution is 2.29. The summed E-state index contributed by atoms with van der Waals surface area (Å²) in [5.41, 5.74) is 4.49. The van der Waals surface area contributed by atoms with Crippen LogP contribution >= 0.6 is 0 Å². The van der Waals surface area contributed by atoms with E-state index in [1.807, 2.05) is 54.6 Å². The first-order chi connectivity index (χ1) is 18.8. The van der Waals surface area contributed by atoms with Gasteiger partial charge in [-0.2, -0.15) is 0 Å². The van der Waals surface area contributed by atoms with E-state index in [4.69, 9.17) is 4.74 Å². The van der Waals surface area contributed by atoms with Gasteiger partial charge in [-0.1, -0.05) is 84.9 Å². The number of nitrogens with zero attached hydrogens (tertiary/aromatic N) is 3. The third kappa shape index (κ3) is 6.95. The number of aliphatic hydroxyl groups is 1. The average molecular weight is 506 g/mol. The smallest absolute Gasteiger partial charge is 0.126 e. The Morgan fingerprint density at radius 1 is 0.737 bits per heavy atom. The highest BCUT2D eigenvalue weighted by Gasteiger charge is 2.27. The van der Waals surface area contributed by atoms with E-state index < -0.39 is 6.10 Å². The SMILES string of the molecule is OC(COc1ccccc1C=Cc1ccccn1)CN1CCN(C(c2ccccc2)c2ccccc2)CC1. The van der Waals surface area contributed by atoms with Gasteiger partial charge in [0.15, 0.2) is 0 Å². The van der Waals surface area contributed by atoms with Crippen LogP contribution in [0.4, 0.5) is 0 Å². The summed E-state index contributed by atoms with van der Waals surface area (Å²) >= 11 is 0. The molecule has 194 valence electrons. The van der Waals surface area contributed by atoms with Crippen molar-refractivity contribution in [3.05, 3.63) is 132 Å². The molecule has 1 fully saturated rings. The number of pyridine rings is 1. The minimum atomic E-state index is -0.562. The van der Waals surface area contributed by atoms with Crippen molar-refractivity contribution in [1.82, 2.24) is 14.8 Å².